The molecule has 1 aromatic heterocycles. The summed E-state index contributed by atoms with van der Waals surface area (Å²) in [5.74, 6) is 0. The Kier molecular flexibility index (Phi) is 2.64. The molecule has 0 spiro atoms. The van der Waals surface area contributed by atoms with E-state index in [1.807, 2.05) is 24.3 Å². The van der Waals surface area contributed by atoms with Gasteiger partial charge in [-0.3, -0.25) is 4.79 Å². The third kappa shape index (κ3) is 1.70. The highest BCUT2D eigenvalue weighted by Crippen LogP contribution is 2.21. The van der Waals surface area contributed by atoms with Crippen LogP contribution in [-0.2, 0) is 0 Å². The van der Waals surface area contributed by atoms with E-state index in [2.05, 4.69) is 26.2 Å². The van der Waals surface area contributed by atoms with Gasteiger partial charge in [-0.15, -0.1) is 5.10 Å². The standard InChI is InChI=1S/C10H8BrN3O/c1-7-10(6-15)14(13-12-7)9-5-3-2-4-8(9)11/h2-6H,1H3. The maximum atomic E-state index is 10.9. The molecule has 0 aliphatic rings. The van der Waals surface area contributed by atoms with Crippen LogP contribution in [0.4, 0.5) is 0 Å². The molecule has 0 fully saturated rings. The van der Waals surface area contributed by atoms with E-state index in [4.69, 9.17) is 0 Å². The van der Waals surface area contributed by atoms with Crippen molar-refractivity contribution < 1.29 is 4.79 Å². The maximum absolute atomic E-state index is 10.9. The van der Waals surface area contributed by atoms with Gasteiger partial charge in [0, 0.05) is 4.47 Å². The van der Waals surface area contributed by atoms with E-state index in [1.165, 1.54) is 4.68 Å². The lowest BCUT2D eigenvalue weighted by Crippen LogP contribution is -2.02. The zero-order chi connectivity index (χ0) is 10.8. The molecule has 0 atom stereocenters. The number of halogens is 1. The molecule has 0 saturated carbocycles. The van der Waals surface area contributed by atoms with Gasteiger partial charge in [0.15, 0.2) is 6.29 Å². The SMILES string of the molecule is Cc1nnn(-c2ccccc2Br)c1C=O. The molecule has 0 N–H and O–H groups in total. The highest BCUT2D eigenvalue weighted by atomic mass is 79.9. The Labute approximate surface area is 95.0 Å². The van der Waals surface area contributed by atoms with Gasteiger partial charge in [0.05, 0.1) is 11.4 Å². The Balaban J connectivity index is 2.64. The molecule has 2 rings (SSSR count). The number of carbonyl (C=O) groups is 1. The number of nitrogens with zero attached hydrogens (tertiary/aromatic N) is 3. The molecule has 0 bridgehead atoms. The van der Waals surface area contributed by atoms with Gasteiger partial charge in [-0.05, 0) is 35.0 Å². The van der Waals surface area contributed by atoms with E-state index < -0.39 is 0 Å². The average Bonchev–Trinajstić information content (AvgIpc) is 2.60. The molecule has 1 aromatic carbocycles. The van der Waals surface area contributed by atoms with Crippen molar-refractivity contribution in [2.24, 2.45) is 0 Å². The van der Waals surface area contributed by atoms with Crippen molar-refractivity contribution >= 4 is 22.2 Å². The minimum atomic E-state index is 0.474. The summed E-state index contributed by atoms with van der Waals surface area (Å²) in [4.78, 5) is 10.9. The largest absolute Gasteiger partial charge is 0.296 e. The van der Waals surface area contributed by atoms with E-state index in [9.17, 15) is 4.79 Å². The first kappa shape index (κ1) is 10.0. The number of aryl methyl sites for hydroxylation is 1. The van der Waals surface area contributed by atoms with Crippen LogP contribution in [0.3, 0.4) is 0 Å². The fourth-order valence-corrected chi connectivity index (χ4v) is 1.75. The first-order chi connectivity index (χ1) is 7.24. The Hall–Kier alpha value is -1.49. The number of rotatable bonds is 2. The first-order valence-electron chi connectivity index (χ1n) is 4.36. The summed E-state index contributed by atoms with van der Waals surface area (Å²) in [5, 5.41) is 7.79. The second-order valence-electron chi connectivity index (χ2n) is 3.04. The zero-order valence-corrected chi connectivity index (χ0v) is 9.60. The summed E-state index contributed by atoms with van der Waals surface area (Å²) in [6.07, 6.45) is 0.759. The van der Waals surface area contributed by atoms with Crippen molar-refractivity contribution in [1.29, 1.82) is 0 Å². The van der Waals surface area contributed by atoms with Crippen molar-refractivity contribution in [1.82, 2.24) is 15.0 Å². The van der Waals surface area contributed by atoms with Crippen LogP contribution in [-0.4, -0.2) is 21.3 Å². The van der Waals surface area contributed by atoms with E-state index in [0.717, 1.165) is 16.4 Å². The molecular weight excluding hydrogens is 258 g/mol. The number of aldehydes is 1. The molecule has 2 aromatic rings. The molecule has 0 aliphatic heterocycles. The monoisotopic (exact) mass is 265 g/mol. The smallest absolute Gasteiger partial charge is 0.170 e. The van der Waals surface area contributed by atoms with Crippen LogP contribution in [0.2, 0.25) is 0 Å². The van der Waals surface area contributed by atoms with Crippen molar-refractivity contribution in [2.75, 3.05) is 0 Å². The second-order valence-corrected chi connectivity index (χ2v) is 3.90. The molecule has 0 unspecified atom stereocenters. The van der Waals surface area contributed by atoms with Gasteiger partial charge in [0.25, 0.3) is 0 Å². The Morgan fingerprint density at radius 2 is 2.13 bits per heavy atom. The molecule has 0 aliphatic carbocycles. The van der Waals surface area contributed by atoms with Gasteiger partial charge in [-0.25, -0.2) is 4.68 Å². The van der Waals surface area contributed by atoms with Crippen molar-refractivity contribution in [3.63, 3.8) is 0 Å². The molecule has 0 radical (unpaired) electrons. The van der Waals surface area contributed by atoms with Crippen LogP contribution in [0.25, 0.3) is 5.69 Å². The van der Waals surface area contributed by atoms with Gasteiger partial charge in [0.2, 0.25) is 0 Å². The number of hydrogen-bond donors (Lipinski definition) is 0. The average molecular weight is 266 g/mol. The first-order valence-corrected chi connectivity index (χ1v) is 5.15. The van der Waals surface area contributed by atoms with Gasteiger partial charge < -0.3 is 0 Å². The van der Waals surface area contributed by atoms with Crippen molar-refractivity contribution in [3.05, 3.63) is 40.1 Å². The third-order valence-electron chi connectivity index (χ3n) is 2.08. The Bertz CT molecular complexity index is 507. The zero-order valence-electron chi connectivity index (χ0n) is 8.01. The fourth-order valence-electron chi connectivity index (χ4n) is 1.30. The number of hydrogen-bond acceptors (Lipinski definition) is 3. The molecule has 1 heterocycles. The summed E-state index contributed by atoms with van der Waals surface area (Å²) in [5.41, 5.74) is 1.91. The minimum Gasteiger partial charge on any atom is -0.296 e. The molecule has 0 amide bonds. The Morgan fingerprint density at radius 1 is 1.40 bits per heavy atom. The van der Waals surface area contributed by atoms with E-state index in [1.54, 1.807) is 6.92 Å². The molecule has 76 valence electrons. The van der Waals surface area contributed by atoms with Crippen molar-refractivity contribution in [2.45, 2.75) is 6.92 Å². The topological polar surface area (TPSA) is 47.8 Å². The van der Waals surface area contributed by atoms with E-state index in [0.29, 0.717) is 11.4 Å². The van der Waals surface area contributed by atoms with Gasteiger partial charge in [-0.2, -0.15) is 0 Å². The van der Waals surface area contributed by atoms with Gasteiger partial charge >= 0.3 is 0 Å². The number of benzene rings is 1. The van der Waals surface area contributed by atoms with Gasteiger partial charge in [0.1, 0.15) is 5.69 Å². The number of aromatic nitrogens is 3. The summed E-state index contributed by atoms with van der Waals surface area (Å²) < 4.78 is 2.39. The maximum Gasteiger partial charge on any atom is 0.170 e. The molecule has 4 nitrogen and oxygen atoms in total. The minimum absolute atomic E-state index is 0.474. The summed E-state index contributed by atoms with van der Waals surface area (Å²) in [6.45, 7) is 1.75. The molecule has 15 heavy (non-hydrogen) atoms. The molecule has 5 heteroatoms. The quantitative estimate of drug-likeness (QED) is 0.782. The van der Waals surface area contributed by atoms with Crippen molar-refractivity contribution in [3.8, 4) is 5.69 Å². The highest BCUT2D eigenvalue weighted by Gasteiger charge is 2.11. The normalized spacial score (nSPS) is 10.3. The summed E-state index contributed by atoms with van der Waals surface area (Å²) in [6, 6.07) is 7.54. The van der Waals surface area contributed by atoms with Gasteiger partial charge in [-0.1, -0.05) is 17.3 Å². The van der Waals surface area contributed by atoms with E-state index in [-0.39, 0.29) is 0 Å². The lowest BCUT2D eigenvalue weighted by atomic mass is 10.3. The lowest BCUT2D eigenvalue weighted by Gasteiger charge is -2.04. The predicted molar refractivity (Wildman–Crippen MR) is 59.2 cm³/mol. The summed E-state index contributed by atoms with van der Waals surface area (Å²) in [7, 11) is 0. The van der Waals surface area contributed by atoms with Crippen LogP contribution in [0.5, 0.6) is 0 Å². The third-order valence-corrected chi connectivity index (χ3v) is 2.75. The fraction of sp³-hybridized carbons (Fsp3) is 0.100. The summed E-state index contributed by atoms with van der Waals surface area (Å²) >= 11 is 3.40. The van der Waals surface area contributed by atoms with Crippen LogP contribution >= 0.6 is 15.9 Å². The number of para-hydroxylation sites is 1. The number of carbonyl (C=O) groups excluding carboxylic acids is 1. The second kappa shape index (κ2) is 3.94. The van der Waals surface area contributed by atoms with Crippen LogP contribution in [0, 0.1) is 6.92 Å². The lowest BCUT2D eigenvalue weighted by molar-refractivity contribution is 0.111. The molecular formula is C10H8BrN3O. The van der Waals surface area contributed by atoms with Crippen LogP contribution in [0.15, 0.2) is 28.7 Å². The van der Waals surface area contributed by atoms with Crippen LogP contribution < -0.4 is 0 Å². The molecule has 0 saturated heterocycles. The highest BCUT2D eigenvalue weighted by molar-refractivity contribution is 9.10. The van der Waals surface area contributed by atoms with E-state index >= 15 is 0 Å². The Morgan fingerprint density at radius 3 is 2.80 bits per heavy atom. The van der Waals surface area contributed by atoms with Crippen LogP contribution in [0.1, 0.15) is 16.2 Å². The predicted octanol–water partition coefficient (Wildman–Crippen LogP) is 2.15.